The Kier molecular flexibility index (Phi) is 9.37. The summed E-state index contributed by atoms with van der Waals surface area (Å²) in [5.41, 5.74) is 10.6. The third-order valence-electron chi connectivity index (χ3n) is 7.34. The van der Waals surface area contributed by atoms with Gasteiger partial charge in [0.05, 0.1) is 5.92 Å². The lowest BCUT2D eigenvalue weighted by atomic mass is 9.71. The molecule has 0 saturated heterocycles. The summed E-state index contributed by atoms with van der Waals surface area (Å²) >= 11 is 0. The third kappa shape index (κ3) is 5.84. The summed E-state index contributed by atoms with van der Waals surface area (Å²) < 4.78 is 0. The average Bonchev–Trinajstić information content (AvgIpc) is 2.72. The highest BCUT2D eigenvalue weighted by molar-refractivity contribution is 5.89. The van der Waals surface area contributed by atoms with Crippen LogP contribution in [0.3, 0.4) is 0 Å². The van der Waals surface area contributed by atoms with Gasteiger partial charge in [-0.1, -0.05) is 107 Å². The molecular formula is C33H50O. The Morgan fingerprint density at radius 2 is 0.706 bits per heavy atom. The van der Waals surface area contributed by atoms with Gasteiger partial charge in [0.15, 0.2) is 0 Å². The zero-order valence-corrected chi connectivity index (χ0v) is 24.3. The molecule has 0 unspecified atom stereocenters. The smallest absolute Gasteiger partial charge is 0.141 e. The first-order valence-corrected chi connectivity index (χ1v) is 13.5. The van der Waals surface area contributed by atoms with Crippen molar-refractivity contribution in [2.75, 3.05) is 0 Å². The first-order chi connectivity index (χ1) is 15.7. The maximum atomic E-state index is 13.7. The summed E-state index contributed by atoms with van der Waals surface area (Å²) in [6.45, 7) is 29.1. The van der Waals surface area contributed by atoms with Gasteiger partial charge in [0.2, 0.25) is 0 Å². The van der Waals surface area contributed by atoms with Crippen LogP contribution in [0.2, 0.25) is 0 Å². The molecule has 0 atom stereocenters. The summed E-state index contributed by atoms with van der Waals surface area (Å²) in [7, 11) is 0. The monoisotopic (exact) mass is 462 g/mol. The van der Waals surface area contributed by atoms with Gasteiger partial charge in [-0.25, -0.2) is 0 Å². The van der Waals surface area contributed by atoms with Gasteiger partial charge < -0.3 is 0 Å². The minimum Gasteiger partial charge on any atom is -0.299 e. The van der Waals surface area contributed by atoms with E-state index in [-0.39, 0.29) is 11.7 Å². The molecule has 0 saturated carbocycles. The molecule has 0 aliphatic carbocycles. The van der Waals surface area contributed by atoms with E-state index in [1.165, 1.54) is 44.5 Å². The van der Waals surface area contributed by atoms with Crippen molar-refractivity contribution in [3.05, 3.63) is 68.8 Å². The number of carbonyl (C=O) groups is 1. The van der Waals surface area contributed by atoms with Gasteiger partial charge in [-0.05, 0) is 86.9 Å². The molecule has 0 radical (unpaired) electrons. The first-order valence-electron chi connectivity index (χ1n) is 13.5. The van der Waals surface area contributed by atoms with Crippen molar-refractivity contribution < 1.29 is 4.79 Å². The van der Waals surface area contributed by atoms with Crippen LogP contribution in [-0.4, -0.2) is 5.78 Å². The summed E-state index contributed by atoms with van der Waals surface area (Å²) in [5, 5.41) is 0. The summed E-state index contributed by atoms with van der Waals surface area (Å²) in [4.78, 5) is 13.7. The second-order valence-electron chi connectivity index (χ2n) is 12.2. The largest absolute Gasteiger partial charge is 0.299 e. The molecule has 0 aliphatic heterocycles. The molecule has 2 aromatic carbocycles. The van der Waals surface area contributed by atoms with Crippen molar-refractivity contribution in [3.8, 4) is 0 Å². The van der Waals surface area contributed by atoms with Crippen LogP contribution in [0.25, 0.3) is 0 Å². The van der Waals surface area contributed by atoms with E-state index in [1.807, 2.05) is 0 Å². The molecule has 0 bridgehead atoms. The van der Waals surface area contributed by atoms with E-state index in [2.05, 4.69) is 107 Å². The predicted molar refractivity (Wildman–Crippen MR) is 150 cm³/mol. The summed E-state index contributed by atoms with van der Waals surface area (Å²) in [6, 6.07) is 9.55. The normalized spacial score (nSPS) is 12.5. The number of Topliss-reactive ketones (excluding diaryl/α,β-unsaturated/α-hetero) is 1. The molecule has 0 heterocycles. The van der Waals surface area contributed by atoms with Crippen molar-refractivity contribution in [2.45, 2.75) is 131 Å². The Morgan fingerprint density at radius 3 is 0.853 bits per heavy atom. The Labute approximate surface area is 210 Å². The van der Waals surface area contributed by atoms with E-state index in [4.69, 9.17) is 0 Å². The number of rotatable bonds is 9. The van der Waals surface area contributed by atoms with Gasteiger partial charge in [-0.3, -0.25) is 4.79 Å². The lowest BCUT2D eigenvalue weighted by Crippen LogP contribution is -2.21. The fourth-order valence-electron chi connectivity index (χ4n) is 5.24. The molecule has 1 heteroatoms. The van der Waals surface area contributed by atoms with Gasteiger partial charge >= 0.3 is 0 Å². The minimum atomic E-state index is -0.230. The minimum absolute atomic E-state index is 0.230. The van der Waals surface area contributed by atoms with Crippen LogP contribution in [0.5, 0.6) is 0 Å². The van der Waals surface area contributed by atoms with E-state index in [9.17, 15) is 4.79 Å². The van der Waals surface area contributed by atoms with Crippen molar-refractivity contribution in [3.63, 3.8) is 0 Å². The van der Waals surface area contributed by atoms with Gasteiger partial charge in [-0.2, -0.15) is 0 Å². The van der Waals surface area contributed by atoms with Crippen LogP contribution in [0.15, 0.2) is 24.3 Å². The summed E-state index contributed by atoms with van der Waals surface area (Å²) in [6.07, 6.45) is 0. The highest BCUT2D eigenvalue weighted by atomic mass is 16.1. The third-order valence-corrected chi connectivity index (χ3v) is 7.34. The molecule has 0 fully saturated rings. The number of benzene rings is 2. The van der Waals surface area contributed by atoms with Crippen LogP contribution in [0.1, 0.15) is 176 Å². The van der Waals surface area contributed by atoms with Crippen LogP contribution in [0.4, 0.5) is 0 Å². The lowest BCUT2D eigenvalue weighted by Gasteiger charge is -2.32. The van der Waals surface area contributed by atoms with E-state index in [1.54, 1.807) is 6.92 Å². The first kappa shape index (κ1) is 28.3. The molecule has 2 aromatic rings. The van der Waals surface area contributed by atoms with E-state index < -0.39 is 0 Å². The van der Waals surface area contributed by atoms with Gasteiger partial charge in [0.1, 0.15) is 5.78 Å². The van der Waals surface area contributed by atoms with Crippen LogP contribution < -0.4 is 0 Å². The lowest BCUT2D eigenvalue weighted by molar-refractivity contribution is -0.117. The highest BCUT2D eigenvalue weighted by Crippen LogP contribution is 2.45. The molecule has 0 aromatic heterocycles. The Morgan fingerprint density at radius 1 is 0.471 bits per heavy atom. The zero-order valence-electron chi connectivity index (χ0n) is 24.3. The molecule has 0 aliphatic rings. The van der Waals surface area contributed by atoms with Crippen LogP contribution in [0, 0.1) is 0 Å². The summed E-state index contributed by atoms with van der Waals surface area (Å²) in [5.74, 6) is 2.36. The Bertz CT molecular complexity index is 868. The van der Waals surface area contributed by atoms with Crippen LogP contribution >= 0.6 is 0 Å². The van der Waals surface area contributed by atoms with Gasteiger partial charge in [-0.15, -0.1) is 0 Å². The fourth-order valence-corrected chi connectivity index (χ4v) is 5.24. The number of ketones is 1. The number of hydrogen-bond acceptors (Lipinski definition) is 1. The zero-order chi connectivity index (χ0) is 26.1. The molecule has 1 nitrogen and oxygen atoms in total. The number of hydrogen-bond donors (Lipinski definition) is 0. The predicted octanol–water partition coefficient (Wildman–Crippen LogP) is 10.1. The molecule has 0 spiro atoms. The van der Waals surface area contributed by atoms with Crippen molar-refractivity contribution in [1.29, 1.82) is 0 Å². The standard InChI is InChI=1S/C33H50O/c1-18(2)25-14-27(20(5)6)32(28(15-25)21(7)8)31(24(13)34)33-29(22(9)10)16-26(19(3)4)17-30(33)23(11)12/h14-23,31H,1-13H3. The van der Waals surface area contributed by atoms with Crippen molar-refractivity contribution >= 4 is 5.78 Å². The average molecular weight is 463 g/mol. The Balaban J connectivity index is 3.10. The maximum Gasteiger partial charge on any atom is 0.141 e. The Hall–Kier alpha value is -1.89. The van der Waals surface area contributed by atoms with Crippen molar-refractivity contribution in [2.24, 2.45) is 0 Å². The number of carbonyl (C=O) groups excluding carboxylic acids is 1. The SMILES string of the molecule is CC(=O)C(c1c(C(C)C)cc(C(C)C)cc1C(C)C)c1c(C(C)C)cc(C(C)C)cc1C(C)C. The molecule has 188 valence electrons. The molecule has 34 heavy (non-hydrogen) atoms. The van der Waals surface area contributed by atoms with Gasteiger partial charge in [0.25, 0.3) is 0 Å². The van der Waals surface area contributed by atoms with E-state index in [0.29, 0.717) is 35.5 Å². The van der Waals surface area contributed by atoms with Crippen molar-refractivity contribution in [1.82, 2.24) is 0 Å². The van der Waals surface area contributed by atoms with Crippen LogP contribution in [-0.2, 0) is 4.79 Å². The second kappa shape index (κ2) is 11.2. The maximum absolute atomic E-state index is 13.7. The quantitative estimate of drug-likeness (QED) is 0.362. The molecule has 2 rings (SSSR count). The second-order valence-corrected chi connectivity index (χ2v) is 12.2. The molecule has 0 N–H and O–H groups in total. The van der Waals surface area contributed by atoms with Gasteiger partial charge in [0, 0.05) is 0 Å². The molecular weight excluding hydrogens is 412 g/mol. The van der Waals surface area contributed by atoms with E-state index >= 15 is 0 Å². The van der Waals surface area contributed by atoms with E-state index in [0.717, 1.165) is 0 Å². The molecule has 0 amide bonds. The highest BCUT2D eigenvalue weighted by Gasteiger charge is 2.32. The fraction of sp³-hybridized carbons (Fsp3) is 0.606. The topological polar surface area (TPSA) is 17.1 Å².